The molecule has 8 amide bonds. The molecule has 0 radical (unpaired) electrons. The molecule has 88 heavy (non-hydrogen) atoms. The number of carbonyl (C=O) groups is 9. The van der Waals surface area contributed by atoms with Gasteiger partial charge in [-0.1, -0.05) is 55.8 Å². The average molecular weight is 1210 g/mol. The predicted octanol–water partition coefficient (Wildman–Crippen LogP) is 3.31. The Morgan fingerprint density at radius 1 is 0.852 bits per heavy atom. The number of hydrogen-bond acceptors (Lipinski definition) is 15. The maximum atomic E-state index is 15.5. The zero-order valence-corrected chi connectivity index (χ0v) is 49.4. The van der Waals surface area contributed by atoms with Gasteiger partial charge in [0.05, 0.1) is 54.7 Å². The number of hydrogen-bond donors (Lipinski definition) is 7. The molecular weight excluding hydrogens is 1140 g/mol. The molecule has 7 N–H and O–H groups in total. The van der Waals surface area contributed by atoms with Crippen molar-refractivity contribution in [3.8, 4) is 11.4 Å². The van der Waals surface area contributed by atoms with Gasteiger partial charge in [0.15, 0.2) is 5.60 Å². The highest BCUT2D eigenvalue weighted by Gasteiger charge is 2.46. The zero-order valence-electron chi connectivity index (χ0n) is 49.4. The molecule has 3 aliphatic heterocycles. The van der Waals surface area contributed by atoms with Crippen molar-refractivity contribution in [3.63, 3.8) is 0 Å². The van der Waals surface area contributed by atoms with E-state index >= 15 is 4.39 Å². The van der Waals surface area contributed by atoms with E-state index in [4.69, 9.17) is 14.5 Å². The van der Waals surface area contributed by atoms with Crippen LogP contribution in [0.25, 0.3) is 22.3 Å². The first kappa shape index (κ1) is 63.2. The van der Waals surface area contributed by atoms with Crippen molar-refractivity contribution in [2.75, 3.05) is 52.1 Å². The van der Waals surface area contributed by atoms with Crippen LogP contribution in [0.15, 0.2) is 83.7 Å². The molecule has 2 aromatic heterocycles. The third-order valence-electron chi connectivity index (χ3n) is 16.6. The number of anilines is 1. The van der Waals surface area contributed by atoms with E-state index in [-0.39, 0.29) is 87.4 Å². The van der Waals surface area contributed by atoms with Crippen LogP contribution in [0.1, 0.15) is 109 Å². The van der Waals surface area contributed by atoms with Crippen molar-refractivity contribution < 1.29 is 67.2 Å². The fourth-order valence-electron chi connectivity index (χ4n) is 11.6. The number of nitrogens with one attached hydrogen (secondary N) is 5. The van der Waals surface area contributed by atoms with Gasteiger partial charge in [0.2, 0.25) is 41.4 Å². The number of amides is 8. The number of aliphatic hydroxyl groups is 2. The minimum absolute atomic E-state index is 0.0330. The zero-order chi connectivity index (χ0) is 63.0. The van der Waals surface area contributed by atoms with E-state index in [1.807, 2.05) is 0 Å². The summed E-state index contributed by atoms with van der Waals surface area (Å²) in [5, 5.41) is 34.7. The lowest BCUT2D eigenvalue weighted by atomic mass is 9.81. The second-order valence-electron chi connectivity index (χ2n) is 22.4. The summed E-state index contributed by atoms with van der Waals surface area (Å²) >= 11 is 0. The molecule has 0 fully saturated rings. The first-order valence-electron chi connectivity index (χ1n) is 29.3. The van der Waals surface area contributed by atoms with Crippen LogP contribution in [0, 0.1) is 12.7 Å². The van der Waals surface area contributed by atoms with Gasteiger partial charge in [-0.3, -0.25) is 38.4 Å². The Hall–Kier alpha value is -9.36. The molecular formula is C63H71FN10O14. The number of cyclic esters (lactones) is 1. The Bertz CT molecular complexity index is 3670. The lowest BCUT2D eigenvalue weighted by Gasteiger charge is -2.35. The smallest absolute Gasteiger partial charge is 0.409 e. The first-order chi connectivity index (χ1) is 42.1. The van der Waals surface area contributed by atoms with Crippen molar-refractivity contribution in [3.05, 3.63) is 140 Å². The van der Waals surface area contributed by atoms with Crippen molar-refractivity contribution in [2.45, 2.75) is 122 Å². The van der Waals surface area contributed by atoms with E-state index in [1.165, 1.54) is 32.6 Å². The summed E-state index contributed by atoms with van der Waals surface area (Å²) in [4.78, 5) is 139. The van der Waals surface area contributed by atoms with Crippen LogP contribution in [0.5, 0.6) is 0 Å². The van der Waals surface area contributed by atoms with Crippen molar-refractivity contribution in [2.24, 2.45) is 0 Å². The van der Waals surface area contributed by atoms with Gasteiger partial charge in [-0.05, 0) is 97.5 Å². The van der Waals surface area contributed by atoms with Gasteiger partial charge in [0.1, 0.15) is 31.3 Å². The summed E-state index contributed by atoms with van der Waals surface area (Å²) < 4.78 is 27.8. The number of ether oxygens (including phenoxy) is 2. The lowest BCUT2D eigenvalue weighted by Crippen LogP contribution is -2.52. The molecule has 0 bridgehead atoms. The van der Waals surface area contributed by atoms with Crippen LogP contribution in [-0.2, 0) is 86.0 Å². The fraction of sp³-hybridized carbons (Fsp3) is 0.413. The number of rotatable bonds is 25. The Labute approximate surface area is 505 Å². The molecule has 5 aromatic rings. The third-order valence-corrected chi connectivity index (χ3v) is 16.6. The van der Waals surface area contributed by atoms with Gasteiger partial charge in [0.25, 0.3) is 5.56 Å². The number of aliphatic hydroxyl groups excluding tert-OH is 1. The molecule has 0 saturated heterocycles. The Balaban J connectivity index is 0.709. The molecule has 1 aliphatic carbocycles. The molecule has 3 aromatic carbocycles. The summed E-state index contributed by atoms with van der Waals surface area (Å²) in [5.41, 5.74) is 3.38. The summed E-state index contributed by atoms with van der Waals surface area (Å²) in [7, 11) is 3.25. The van der Waals surface area contributed by atoms with E-state index in [0.29, 0.717) is 89.9 Å². The van der Waals surface area contributed by atoms with Crippen molar-refractivity contribution >= 4 is 70.0 Å². The number of esters is 1. The topological polar surface area (TPSA) is 317 Å². The van der Waals surface area contributed by atoms with Gasteiger partial charge in [-0.2, -0.15) is 0 Å². The minimum Gasteiger partial charge on any atom is -0.458 e. The summed E-state index contributed by atoms with van der Waals surface area (Å²) in [6.45, 7) is 2.22. The highest BCUT2D eigenvalue weighted by Crippen LogP contribution is 2.47. The maximum absolute atomic E-state index is 15.5. The van der Waals surface area contributed by atoms with Crippen LogP contribution in [0.2, 0.25) is 0 Å². The first-order valence-corrected chi connectivity index (χ1v) is 29.3. The average Bonchev–Trinajstić information content (AvgIpc) is 1.44. The number of nitrogens with zero attached hydrogens (tertiary/aromatic N) is 5. The summed E-state index contributed by atoms with van der Waals surface area (Å²) in [5.74, 6) is -4.70. The number of aromatic nitrogens is 2. The standard InChI is InChI=1S/C63H71FN10O14/c1-5-63(86)43-28-48-58-41(33-74(48)60(83)42(43)35-87-61(63)84)57-47(22-21-40-36(2)44(64)29-45(70-58)56(40)57)72(4)53(79)16-12-25-71(3)62(85)88-34-38-17-19-39(20-18-38)68-51(77)32-67-59(82)46(27-37-13-8-6-9-14-37)69-52(78)31-66-50(76)30-65-49(75)15-10-7-11-26-73-54(80)23-24-55(73)81/h6,8-9,13-14,17-20,23-24,28-29,46-47,54,80,86H,5,7,10-12,15-16,21-22,25-27,30-35H2,1-4H3,(H,65,75)(H,66,76)(H,67,82)(H,68,77)(H,69,78)/t46-,47-,54?,63-/m0/s1. The number of pyridine rings is 2. The van der Waals surface area contributed by atoms with E-state index in [1.54, 1.807) is 93.5 Å². The Morgan fingerprint density at radius 2 is 1.58 bits per heavy atom. The Morgan fingerprint density at radius 3 is 2.31 bits per heavy atom. The van der Waals surface area contributed by atoms with E-state index in [9.17, 15) is 58.2 Å². The second-order valence-corrected chi connectivity index (χ2v) is 22.4. The lowest BCUT2D eigenvalue weighted by molar-refractivity contribution is -0.172. The third kappa shape index (κ3) is 14.1. The molecule has 25 heteroatoms. The van der Waals surface area contributed by atoms with Gasteiger partial charge in [0, 0.05) is 80.8 Å². The normalized spacial score (nSPS) is 17.2. The number of unbranched alkanes of at least 4 members (excludes halogenated alkanes) is 2. The molecule has 0 spiro atoms. The molecule has 4 aliphatic rings. The van der Waals surface area contributed by atoms with Crippen molar-refractivity contribution in [1.82, 2.24) is 45.5 Å². The SMILES string of the molecule is CC[C@@]1(O)C(=O)OCc2c1cc1n(c2=O)Cc2c-1nc1cc(F)c(C)c3c1c2[C@@H](N(C)C(=O)CCCN(C)C(=O)OCc1ccc(NC(=O)CNC(=O)[C@H](Cc2ccccc2)NC(=O)CNC(=O)CNC(=O)CCCCCN2C(=O)C=CC2O)cc1)CC3. The number of benzene rings is 3. The number of halogens is 1. The molecule has 5 heterocycles. The second kappa shape index (κ2) is 27.6. The van der Waals surface area contributed by atoms with Gasteiger partial charge in [-0.25, -0.2) is 19.0 Å². The molecule has 0 saturated carbocycles. The number of carbonyl (C=O) groups excluding carboxylic acids is 9. The monoisotopic (exact) mass is 1210 g/mol. The van der Waals surface area contributed by atoms with E-state index in [0.717, 1.165) is 16.5 Å². The highest BCUT2D eigenvalue weighted by atomic mass is 19.1. The van der Waals surface area contributed by atoms with E-state index in [2.05, 4.69) is 26.6 Å². The number of aryl methyl sites for hydroxylation is 1. The quantitative estimate of drug-likeness (QED) is 0.0320. The molecule has 9 rings (SSSR count). The van der Waals surface area contributed by atoms with Crippen LogP contribution in [0.3, 0.4) is 0 Å². The van der Waals surface area contributed by atoms with Gasteiger partial charge >= 0.3 is 12.1 Å². The highest BCUT2D eigenvalue weighted by molar-refractivity contribution is 5.97. The molecule has 24 nitrogen and oxygen atoms in total. The fourth-order valence-corrected chi connectivity index (χ4v) is 11.6. The largest absolute Gasteiger partial charge is 0.458 e. The maximum Gasteiger partial charge on any atom is 0.409 e. The van der Waals surface area contributed by atoms with Crippen LogP contribution >= 0.6 is 0 Å². The van der Waals surface area contributed by atoms with Crippen LogP contribution < -0.4 is 32.1 Å². The van der Waals surface area contributed by atoms with Crippen LogP contribution in [0.4, 0.5) is 14.9 Å². The number of fused-ring (bicyclic) bond motifs is 5. The van der Waals surface area contributed by atoms with E-state index < -0.39 is 84.1 Å². The Kier molecular flexibility index (Phi) is 19.8. The van der Waals surface area contributed by atoms with Crippen LogP contribution in [-0.4, -0.2) is 147 Å². The molecule has 1 unspecified atom stereocenters. The van der Waals surface area contributed by atoms with Crippen molar-refractivity contribution in [1.29, 1.82) is 0 Å². The van der Waals surface area contributed by atoms with Gasteiger partial charge < -0.3 is 65.5 Å². The molecule has 464 valence electrons. The summed E-state index contributed by atoms with van der Waals surface area (Å²) in [6.07, 6.45) is 4.29. The van der Waals surface area contributed by atoms with Gasteiger partial charge in [-0.15, -0.1) is 0 Å². The molecule has 4 atom stereocenters. The minimum atomic E-state index is -2.04. The summed E-state index contributed by atoms with van der Waals surface area (Å²) in [6, 6.07) is 16.7. The predicted molar refractivity (Wildman–Crippen MR) is 317 cm³/mol.